The Morgan fingerprint density at radius 2 is 2.15 bits per heavy atom. The van der Waals surface area contributed by atoms with Crippen LogP contribution in [0.2, 0.25) is 0 Å². The molecule has 4 heteroatoms. The quantitative estimate of drug-likeness (QED) is 0.696. The van der Waals surface area contributed by atoms with Gasteiger partial charge in [0.15, 0.2) is 0 Å². The van der Waals surface area contributed by atoms with E-state index in [1.165, 1.54) is 22.0 Å². The monoisotopic (exact) mass is 342 g/mol. The molecule has 1 aromatic rings. The molecular weight excluding hydrogens is 316 g/mol. The van der Waals surface area contributed by atoms with Crippen molar-refractivity contribution in [1.29, 1.82) is 0 Å². The van der Waals surface area contributed by atoms with E-state index >= 15 is 0 Å². The normalized spacial score (nSPS) is 12.9. The van der Waals surface area contributed by atoms with Gasteiger partial charge in [0, 0.05) is 30.7 Å². The van der Waals surface area contributed by atoms with Gasteiger partial charge < -0.3 is 10.1 Å². The molecule has 1 aromatic carbocycles. The Balaban J connectivity index is 2.59. The predicted octanol–water partition coefficient (Wildman–Crippen LogP) is 3.42. The van der Waals surface area contributed by atoms with Gasteiger partial charge in [-0.1, -0.05) is 35.0 Å². The minimum Gasteiger partial charge on any atom is -0.383 e. The minimum atomic E-state index is 0.415. The standard InChI is InChI=1S/C16H27BrN2O/c1-5-8-18-10-14-6-7-15(16(17)9-14)11-19(3)13(2)12-20-4/h6-7,9,13,18H,5,8,10-12H2,1-4H3. The highest BCUT2D eigenvalue weighted by atomic mass is 79.9. The van der Waals surface area contributed by atoms with E-state index in [0.29, 0.717) is 6.04 Å². The summed E-state index contributed by atoms with van der Waals surface area (Å²) < 4.78 is 6.39. The van der Waals surface area contributed by atoms with Crippen molar-refractivity contribution in [3.63, 3.8) is 0 Å². The molecule has 0 aromatic heterocycles. The first-order chi connectivity index (χ1) is 9.58. The Morgan fingerprint density at radius 1 is 1.40 bits per heavy atom. The number of ether oxygens (including phenoxy) is 1. The molecule has 0 aliphatic heterocycles. The molecule has 1 unspecified atom stereocenters. The van der Waals surface area contributed by atoms with E-state index in [1.807, 2.05) is 0 Å². The van der Waals surface area contributed by atoms with Crippen molar-refractivity contribution in [3.8, 4) is 0 Å². The number of hydrogen-bond donors (Lipinski definition) is 1. The summed E-state index contributed by atoms with van der Waals surface area (Å²) in [6, 6.07) is 7.05. The lowest BCUT2D eigenvalue weighted by atomic mass is 10.1. The van der Waals surface area contributed by atoms with E-state index < -0.39 is 0 Å². The number of hydrogen-bond acceptors (Lipinski definition) is 3. The zero-order valence-corrected chi connectivity index (χ0v) is 14.7. The second-order valence-corrected chi connectivity index (χ2v) is 6.18. The number of likely N-dealkylation sites (N-methyl/N-ethyl adjacent to an activating group) is 1. The molecule has 0 aliphatic carbocycles. The maximum atomic E-state index is 5.21. The first-order valence-corrected chi connectivity index (χ1v) is 8.05. The molecule has 1 rings (SSSR count). The molecule has 1 atom stereocenters. The van der Waals surface area contributed by atoms with E-state index in [2.05, 4.69) is 65.2 Å². The molecule has 0 spiro atoms. The fourth-order valence-electron chi connectivity index (χ4n) is 2.03. The third kappa shape index (κ3) is 5.92. The summed E-state index contributed by atoms with van der Waals surface area (Å²) in [5.41, 5.74) is 2.64. The van der Waals surface area contributed by atoms with Crippen LogP contribution in [-0.4, -0.2) is 38.3 Å². The van der Waals surface area contributed by atoms with E-state index in [1.54, 1.807) is 7.11 Å². The number of benzene rings is 1. The van der Waals surface area contributed by atoms with Crippen molar-refractivity contribution in [1.82, 2.24) is 10.2 Å². The molecule has 1 N–H and O–H groups in total. The number of halogens is 1. The van der Waals surface area contributed by atoms with Crippen molar-refractivity contribution >= 4 is 15.9 Å². The van der Waals surface area contributed by atoms with Crippen LogP contribution >= 0.6 is 15.9 Å². The molecule has 0 amide bonds. The Bertz CT molecular complexity index is 398. The SMILES string of the molecule is CCCNCc1ccc(CN(C)C(C)COC)c(Br)c1. The smallest absolute Gasteiger partial charge is 0.0615 e. The van der Waals surface area contributed by atoms with Crippen LogP contribution in [0.5, 0.6) is 0 Å². The molecule has 0 radical (unpaired) electrons. The predicted molar refractivity (Wildman–Crippen MR) is 88.9 cm³/mol. The number of nitrogens with one attached hydrogen (secondary N) is 1. The van der Waals surface area contributed by atoms with E-state index in [9.17, 15) is 0 Å². The third-order valence-electron chi connectivity index (χ3n) is 3.45. The molecular formula is C16H27BrN2O. The lowest BCUT2D eigenvalue weighted by Crippen LogP contribution is -2.32. The van der Waals surface area contributed by atoms with E-state index in [0.717, 1.165) is 26.2 Å². The van der Waals surface area contributed by atoms with Crippen LogP contribution in [-0.2, 0) is 17.8 Å². The van der Waals surface area contributed by atoms with Gasteiger partial charge in [0.05, 0.1) is 6.61 Å². The molecule has 0 fully saturated rings. The molecule has 3 nitrogen and oxygen atoms in total. The summed E-state index contributed by atoms with van der Waals surface area (Å²) in [6.45, 7) is 8.05. The third-order valence-corrected chi connectivity index (χ3v) is 4.19. The Labute approximate surface area is 131 Å². The van der Waals surface area contributed by atoms with Crippen molar-refractivity contribution in [2.45, 2.75) is 39.4 Å². The first kappa shape index (κ1) is 17.6. The lowest BCUT2D eigenvalue weighted by Gasteiger charge is -2.24. The van der Waals surface area contributed by atoms with Crippen LogP contribution < -0.4 is 5.32 Å². The summed E-state index contributed by atoms with van der Waals surface area (Å²) in [6.07, 6.45) is 1.17. The summed E-state index contributed by atoms with van der Waals surface area (Å²) in [5, 5.41) is 3.43. The van der Waals surface area contributed by atoms with Crippen molar-refractivity contribution < 1.29 is 4.74 Å². The maximum Gasteiger partial charge on any atom is 0.0615 e. The number of rotatable bonds is 9. The van der Waals surface area contributed by atoms with Crippen molar-refractivity contribution in [2.75, 3.05) is 27.3 Å². The lowest BCUT2D eigenvalue weighted by molar-refractivity contribution is 0.112. The Hall–Kier alpha value is -0.420. The molecule has 0 saturated carbocycles. The van der Waals surface area contributed by atoms with Crippen LogP contribution in [0.4, 0.5) is 0 Å². The van der Waals surface area contributed by atoms with Gasteiger partial charge in [-0.05, 0) is 44.1 Å². The fraction of sp³-hybridized carbons (Fsp3) is 0.625. The molecule has 20 heavy (non-hydrogen) atoms. The highest BCUT2D eigenvalue weighted by Gasteiger charge is 2.11. The molecule has 0 heterocycles. The Morgan fingerprint density at radius 3 is 2.75 bits per heavy atom. The van der Waals surface area contributed by atoms with Crippen LogP contribution in [0, 0.1) is 0 Å². The average Bonchev–Trinajstić information content (AvgIpc) is 2.42. The second-order valence-electron chi connectivity index (χ2n) is 5.32. The minimum absolute atomic E-state index is 0.415. The first-order valence-electron chi connectivity index (χ1n) is 7.25. The van der Waals surface area contributed by atoms with Crippen molar-refractivity contribution in [3.05, 3.63) is 33.8 Å². The molecule has 0 aliphatic rings. The zero-order valence-electron chi connectivity index (χ0n) is 13.1. The highest BCUT2D eigenvalue weighted by molar-refractivity contribution is 9.10. The van der Waals surface area contributed by atoms with Gasteiger partial charge in [-0.3, -0.25) is 4.90 Å². The second kappa shape index (κ2) is 9.50. The molecule has 0 bridgehead atoms. The fourth-order valence-corrected chi connectivity index (χ4v) is 2.58. The summed E-state index contributed by atoms with van der Waals surface area (Å²) in [5.74, 6) is 0. The van der Waals surface area contributed by atoms with Crippen molar-refractivity contribution in [2.24, 2.45) is 0 Å². The number of methoxy groups -OCH3 is 1. The van der Waals surface area contributed by atoms with Gasteiger partial charge in [-0.15, -0.1) is 0 Å². The number of nitrogens with zero attached hydrogens (tertiary/aromatic N) is 1. The Kier molecular flexibility index (Phi) is 8.38. The topological polar surface area (TPSA) is 24.5 Å². The highest BCUT2D eigenvalue weighted by Crippen LogP contribution is 2.20. The molecule has 114 valence electrons. The van der Waals surface area contributed by atoms with Gasteiger partial charge in [-0.25, -0.2) is 0 Å². The largest absolute Gasteiger partial charge is 0.383 e. The summed E-state index contributed by atoms with van der Waals surface area (Å²) in [7, 11) is 3.88. The summed E-state index contributed by atoms with van der Waals surface area (Å²) >= 11 is 3.69. The van der Waals surface area contributed by atoms with E-state index in [-0.39, 0.29) is 0 Å². The zero-order chi connectivity index (χ0) is 15.0. The van der Waals surface area contributed by atoms with Gasteiger partial charge in [0.25, 0.3) is 0 Å². The van der Waals surface area contributed by atoms with Gasteiger partial charge >= 0.3 is 0 Å². The van der Waals surface area contributed by atoms with E-state index in [4.69, 9.17) is 4.74 Å². The van der Waals surface area contributed by atoms with Crippen LogP contribution in [0.15, 0.2) is 22.7 Å². The van der Waals surface area contributed by atoms with Crippen LogP contribution in [0.1, 0.15) is 31.4 Å². The van der Waals surface area contributed by atoms with Crippen LogP contribution in [0.3, 0.4) is 0 Å². The average molecular weight is 343 g/mol. The summed E-state index contributed by atoms with van der Waals surface area (Å²) in [4.78, 5) is 2.30. The molecule has 0 saturated heterocycles. The van der Waals surface area contributed by atoms with Gasteiger partial charge in [0.2, 0.25) is 0 Å². The van der Waals surface area contributed by atoms with Gasteiger partial charge in [-0.2, -0.15) is 0 Å². The van der Waals surface area contributed by atoms with Gasteiger partial charge in [0.1, 0.15) is 0 Å². The van der Waals surface area contributed by atoms with Crippen LogP contribution in [0.25, 0.3) is 0 Å². The maximum absolute atomic E-state index is 5.21.